The Bertz CT molecular complexity index is 805. The first-order chi connectivity index (χ1) is 12.5. The Kier molecular flexibility index (Phi) is 6.73. The zero-order valence-electron chi connectivity index (χ0n) is 14.7. The molecule has 0 spiro atoms. The Balaban J connectivity index is 1.93. The molecule has 7 nitrogen and oxygen atoms in total. The lowest BCUT2D eigenvalue weighted by atomic mass is 10.2. The van der Waals surface area contributed by atoms with Gasteiger partial charge in [-0.2, -0.15) is 0 Å². The Labute approximate surface area is 151 Å². The van der Waals surface area contributed by atoms with Gasteiger partial charge in [0.15, 0.2) is 0 Å². The second-order valence-corrected chi connectivity index (χ2v) is 5.42. The molecule has 0 aliphatic rings. The van der Waals surface area contributed by atoms with Gasteiger partial charge < -0.3 is 20.7 Å². The van der Waals surface area contributed by atoms with Crippen LogP contribution in [0.5, 0.6) is 5.75 Å². The molecular weight excluding hydrogens is 334 g/mol. The maximum atomic E-state index is 12.3. The molecule has 2 aromatic rings. The van der Waals surface area contributed by atoms with Crippen molar-refractivity contribution in [2.45, 2.75) is 13.8 Å². The van der Waals surface area contributed by atoms with E-state index in [0.717, 1.165) is 0 Å². The molecule has 26 heavy (non-hydrogen) atoms. The summed E-state index contributed by atoms with van der Waals surface area (Å²) in [7, 11) is 0. The third kappa shape index (κ3) is 5.62. The van der Waals surface area contributed by atoms with E-state index in [1.54, 1.807) is 48.5 Å². The molecule has 0 fully saturated rings. The summed E-state index contributed by atoms with van der Waals surface area (Å²) < 4.78 is 5.41. The Hall–Kier alpha value is -3.35. The average molecular weight is 355 g/mol. The first kappa shape index (κ1) is 19.0. The van der Waals surface area contributed by atoms with Crippen molar-refractivity contribution >= 4 is 29.1 Å². The van der Waals surface area contributed by atoms with Gasteiger partial charge in [0.05, 0.1) is 18.7 Å². The second kappa shape index (κ2) is 9.22. The van der Waals surface area contributed by atoms with E-state index in [9.17, 15) is 14.4 Å². The Morgan fingerprint density at radius 3 is 2.35 bits per heavy atom. The van der Waals surface area contributed by atoms with Crippen LogP contribution in [-0.2, 0) is 9.59 Å². The van der Waals surface area contributed by atoms with Gasteiger partial charge in [-0.1, -0.05) is 18.2 Å². The number of amides is 3. The van der Waals surface area contributed by atoms with Crippen molar-refractivity contribution in [2.75, 3.05) is 23.8 Å². The Morgan fingerprint density at radius 1 is 0.962 bits per heavy atom. The zero-order chi connectivity index (χ0) is 18.9. The molecule has 0 heterocycles. The lowest BCUT2D eigenvalue weighted by Crippen LogP contribution is -2.33. The SMILES string of the molecule is CCOc1ccccc1C(=O)NCC(=O)Nc1cccc(NC(C)=O)c1. The van der Waals surface area contributed by atoms with Gasteiger partial charge in [-0.15, -0.1) is 0 Å². The van der Waals surface area contributed by atoms with Crippen molar-refractivity contribution in [1.82, 2.24) is 5.32 Å². The molecule has 0 saturated heterocycles. The van der Waals surface area contributed by atoms with Gasteiger partial charge in [0.25, 0.3) is 5.91 Å². The van der Waals surface area contributed by atoms with Gasteiger partial charge in [0.2, 0.25) is 11.8 Å². The highest BCUT2D eigenvalue weighted by Crippen LogP contribution is 2.18. The number of benzene rings is 2. The molecule has 136 valence electrons. The smallest absolute Gasteiger partial charge is 0.255 e. The van der Waals surface area contributed by atoms with E-state index in [0.29, 0.717) is 29.3 Å². The Morgan fingerprint density at radius 2 is 1.65 bits per heavy atom. The molecule has 0 aliphatic carbocycles. The highest BCUT2D eigenvalue weighted by atomic mass is 16.5. The van der Waals surface area contributed by atoms with Gasteiger partial charge in [-0.05, 0) is 37.3 Å². The van der Waals surface area contributed by atoms with Crippen LogP contribution in [0, 0.1) is 0 Å². The first-order valence-corrected chi connectivity index (χ1v) is 8.17. The molecule has 0 saturated carbocycles. The van der Waals surface area contributed by atoms with Crippen LogP contribution in [0.1, 0.15) is 24.2 Å². The summed E-state index contributed by atoms with van der Waals surface area (Å²) >= 11 is 0. The van der Waals surface area contributed by atoms with Crippen molar-refractivity contribution in [1.29, 1.82) is 0 Å². The number of anilines is 2. The lowest BCUT2D eigenvalue weighted by molar-refractivity contribution is -0.115. The van der Waals surface area contributed by atoms with Crippen LogP contribution in [0.25, 0.3) is 0 Å². The number of hydrogen-bond donors (Lipinski definition) is 3. The van der Waals surface area contributed by atoms with Gasteiger partial charge in [-0.3, -0.25) is 14.4 Å². The first-order valence-electron chi connectivity index (χ1n) is 8.17. The second-order valence-electron chi connectivity index (χ2n) is 5.42. The highest BCUT2D eigenvalue weighted by Gasteiger charge is 2.13. The van der Waals surface area contributed by atoms with E-state index >= 15 is 0 Å². The van der Waals surface area contributed by atoms with Gasteiger partial charge in [0, 0.05) is 18.3 Å². The fourth-order valence-corrected chi connectivity index (χ4v) is 2.27. The predicted octanol–water partition coefficient (Wildman–Crippen LogP) is 2.41. The topological polar surface area (TPSA) is 96.5 Å². The lowest BCUT2D eigenvalue weighted by Gasteiger charge is -2.11. The average Bonchev–Trinajstić information content (AvgIpc) is 2.60. The summed E-state index contributed by atoms with van der Waals surface area (Å²) in [5.74, 6) is -0.506. The van der Waals surface area contributed by atoms with Crippen LogP contribution in [0.2, 0.25) is 0 Å². The summed E-state index contributed by atoms with van der Waals surface area (Å²) in [4.78, 5) is 35.4. The minimum absolute atomic E-state index is 0.191. The third-order valence-electron chi connectivity index (χ3n) is 3.31. The summed E-state index contributed by atoms with van der Waals surface area (Å²) in [6, 6.07) is 13.6. The number of carbonyl (C=O) groups excluding carboxylic acids is 3. The van der Waals surface area contributed by atoms with Gasteiger partial charge in [-0.25, -0.2) is 0 Å². The van der Waals surface area contributed by atoms with Crippen molar-refractivity contribution < 1.29 is 19.1 Å². The number of rotatable bonds is 7. The van der Waals surface area contributed by atoms with Crippen LogP contribution >= 0.6 is 0 Å². The maximum Gasteiger partial charge on any atom is 0.255 e. The normalized spacial score (nSPS) is 9.92. The van der Waals surface area contributed by atoms with E-state index in [4.69, 9.17) is 4.74 Å². The van der Waals surface area contributed by atoms with Crippen LogP contribution in [0.15, 0.2) is 48.5 Å². The number of carbonyl (C=O) groups is 3. The molecule has 2 rings (SSSR count). The fourth-order valence-electron chi connectivity index (χ4n) is 2.27. The van der Waals surface area contributed by atoms with E-state index in [2.05, 4.69) is 16.0 Å². The molecule has 0 unspecified atom stereocenters. The summed E-state index contributed by atoms with van der Waals surface area (Å²) in [6.45, 7) is 3.48. The van der Waals surface area contributed by atoms with Gasteiger partial charge in [0.1, 0.15) is 5.75 Å². The van der Waals surface area contributed by atoms with Crippen molar-refractivity contribution in [3.63, 3.8) is 0 Å². The molecule has 3 amide bonds. The molecule has 0 atom stereocenters. The van der Waals surface area contributed by atoms with E-state index in [1.807, 2.05) is 6.92 Å². The molecule has 0 radical (unpaired) electrons. The predicted molar refractivity (Wildman–Crippen MR) is 99.3 cm³/mol. The number of hydrogen-bond acceptors (Lipinski definition) is 4. The number of nitrogens with one attached hydrogen (secondary N) is 3. The minimum Gasteiger partial charge on any atom is -0.493 e. The van der Waals surface area contributed by atoms with Crippen molar-refractivity contribution in [3.05, 3.63) is 54.1 Å². The van der Waals surface area contributed by atoms with Crippen LogP contribution in [0.3, 0.4) is 0 Å². The quantitative estimate of drug-likeness (QED) is 0.710. The monoisotopic (exact) mass is 355 g/mol. The minimum atomic E-state index is -0.392. The van der Waals surface area contributed by atoms with Crippen LogP contribution < -0.4 is 20.7 Å². The summed E-state index contributed by atoms with van der Waals surface area (Å²) in [5.41, 5.74) is 1.46. The van der Waals surface area contributed by atoms with Crippen molar-refractivity contribution in [3.8, 4) is 5.75 Å². The standard InChI is InChI=1S/C19H21N3O4/c1-3-26-17-10-5-4-9-16(17)19(25)20-12-18(24)22-15-8-6-7-14(11-15)21-13(2)23/h4-11H,3,12H2,1-2H3,(H,20,25)(H,21,23)(H,22,24). The molecular formula is C19H21N3O4. The van der Waals surface area contributed by atoms with E-state index in [1.165, 1.54) is 6.92 Å². The largest absolute Gasteiger partial charge is 0.493 e. The maximum absolute atomic E-state index is 12.3. The van der Waals surface area contributed by atoms with Gasteiger partial charge >= 0.3 is 0 Å². The molecule has 3 N–H and O–H groups in total. The highest BCUT2D eigenvalue weighted by molar-refractivity contribution is 6.01. The molecule has 7 heteroatoms. The summed E-state index contributed by atoms with van der Waals surface area (Å²) in [6.07, 6.45) is 0. The van der Waals surface area contributed by atoms with Crippen LogP contribution in [-0.4, -0.2) is 30.9 Å². The molecule has 0 aliphatic heterocycles. The third-order valence-corrected chi connectivity index (χ3v) is 3.31. The van der Waals surface area contributed by atoms with Crippen LogP contribution in [0.4, 0.5) is 11.4 Å². The fraction of sp³-hybridized carbons (Fsp3) is 0.211. The molecule has 2 aromatic carbocycles. The molecule has 0 aromatic heterocycles. The van der Waals surface area contributed by atoms with E-state index in [-0.39, 0.29) is 18.4 Å². The zero-order valence-corrected chi connectivity index (χ0v) is 14.7. The van der Waals surface area contributed by atoms with Crippen molar-refractivity contribution in [2.24, 2.45) is 0 Å². The van der Waals surface area contributed by atoms with E-state index < -0.39 is 5.91 Å². The summed E-state index contributed by atoms with van der Waals surface area (Å²) in [5, 5.41) is 7.86. The number of ether oxygens (including phenoxy) is 1. The number of para-hydroxylation sites is 1. The molecule has 0 bridgehead atoms.